The van der Waals surface area contributed by atoms with Gasteiger partial charge in [-0.15, -0.1) is 0 Å². The number of ether oxygens (including phenoxy) is 3. The van der Waals surface area contributed by atoms with Crippen molar-refractivity contribution in [1.82, 2.24) is 4.90 Å². The van der Waals surface area contributed by atoms with Crippen molar-refractivity contribution < 1.29 is 34.6 Å². The first-order valence-corrected chi connectivity index (χ1v) is 12.3. The first-order chi connectivity index (χ1) is 15.2. The van der Waals surface area contributed by atoms with Crippen molar-refractivity contribution in [3.8, 4) is 0 Å². The van der Waals surface area contributed by atoms with Crippen LogP contribution in [0.25, 0.3) is 0 Å². The van der Waals surface area contributed by atoms with E-state index in [0.29, 0.717) is 26.0 Å². The zero-order valence-electron chi connectivity index (χ0n) is 19.6. The van der Waals surface area contributed by atoms with E-state index in [1.807, 2.05) is 0 Å². The average Bonchev–Trinajstić information content (AvgIpc) is 3.14. The summed E-state index contributed by atoms with van der Waals surface area (Å²) in [6.07, 6.45) is -0.0296. The fourth-order valence-electron chi connectivity index (χ4n) is 10.7. The Morgan fingerprint density at radius 2 is 1.84 bits per heavy atom. The lowest BCUT2D eigenvalue weighted by Crippen LogP contribution is -2.81. The lowest BCUT2D eigenvalue weighted by atomic mass is 9.42. The third-order valence-corrected chi connectivity index (χ3v) is 11.2. The second-order valence-corrected chi connectivity index (χ2v) is 11.7. The van der Waals surface area contributed by atoms with Gasteiger partial charge in [-0.05, 0) is 31.7 Å². The summed E-state index contributed by atoms with van der Waals surface area (Å²) in [4.78, 5) is 2.28. The maximum atomic E-state index is 12.8. The SMILES string of the molecule is CCN1C[C@@]2(COC)CC[C@@H](O)[C@@]34C5C[C@H]6C(O)C5[C@@](O)(C[C@@H]6OC)[C@@](O)(C(OC)C23)[C@H]14. The average molecular weight is 454 g/mol. The molecule has 0 radical (unpaired) electrons. The Labute approximate surface area is 189 Å². The van der Waals surface area contributed by atoms with Gasteiger partial charge in [-0.1, -0.05) is 6.92 Å². The van der Waals surface area contributed by atoms with Crippen LogP contribution in [0.3, 0.4) is 0 Å². The van der Waals surface area contributed by atoms with Crippen LogP contribution in [-0.2, 0) is 14.2 Å². The van der Waals surface area contributed by atoms with Gasteiger partial charge < -0.3 is 34.6 Å². The van der Waals surface area contributed by atoms with Crippen molar-refractivity contribution in [3.63, 3.8) is 0 Å². The highest BCUT2D eigenvalue weighted by molar-refractivity contribution is 5.41. The zero-order chi connectivity index (χ0) is 22.8. The number of rotatable bonds is 5. The van der Waals surface area contributed by atoms with Gasteiger partial charge in [0.2, 0.25) is 0 Å². The summed E-state index contributed by atoms with van der Waals surface area (Å²) in [6.45, 7) is 4.05. The molecule has 5 saturated carbocycles. The van der Waals surface area contributed by atoms with Gasteiger partial charge in [0.15, 0.2) is 0 Å². The molecule has 8 nitrogen and oxygen atoms in total. The maximum Gasteiger partial charge on any atom is 0.136 e. The number of aliphatic hydroxyl groups excluding tert-OH is 2. The topological polar surface area (TPSA) is 112 Å². The van der Waals surface area contributed by atoms with Crippen molar-refractivity contribution in [3.05, 3.63) is 0 Å². The Bertz CT molecular complexity index is 798. The molecule has 6 rings (SSSR count). The predicted molar refractivity (Wildman–Crippen MR) is 114 cm³/mol. The molecule has 0 aromatic rings. The molecule has 4 N–H and O–H groups in total. The Kier molecular flexibility index (Phi) is 4.62. The molecule has 5 aliphatic carbocycles. The molecule has 182 valence electrons. The van der Waals surface area contributed by atoms with E-state index in [0.717, 1.165) is 13.0 Å². The van der Waals surface area contributed by atoms with Gasteiger partial charge in [0.1, 0.15) is 11.2 Å². The van der Waals surface area contributed by atoms with Crippen LogP contribution in [-0.4, -0.2) is 108 Å². The minimum Gasteiger partial charge on any atom is -0.392 e. The minimum absolute atomic E-state index is 0.102. The standard InChI is InChI=1S/C24H39NO7/c1-5-25-10-21(11-30-2)7-6-15(26)23-13-8-12-14(31-3)9-22(28,16(13)17(12)27)24(29,20(23)25)19(32-4)18(21)23/h12-20,26-29H,5-11H2,1-4H3/t12-,13?,14+,15-,16?,17?,18?,19?,20-,21-,22+,23+,24-/m1/s1. The molecule has 8 heteroatoms. The third-order valence-electron chi connectivity index (χ3n) is 11.2. The number of hydrogen-bond donors (Lipinski definition) is 4. The summed E-state index contributed by atoms with van der Waals surface area (Å²) in [7, 11) is 4.95. The van der Waals surface area contributed by atoms with Gasteiger partial charge in [0, 0.05) is 62.9 Å². The van der Waals surface area contributed by atoms with E-state index in [2.05, 4.69) is 11.8 Å². The molecule has 1 spiro atoms. The molecular weight excluding hydrogens is 414 g/mol. The van der Waals surface area contributed by atoms with Gasteiger partial charge >= 0.3 is 0 Å². The minimum atomic E-state index is -1.63. The van der Waals surface area contributed by atoms with E-state index in [1.165, 1.54) is 0 Å². The van der Waals surface area contributed by atoms with E-state index < -0.39 is 46.9 Å². The molecule has 6 fully saturated rings. The van der Waals surface area contributed by atoms with Crippen LogP contribution in [0.5, 0.6) is 0 Å². The molecule has 7 bridgehead atoms. The Morgan fingerprint density at radius 3 is 2.47 bits per heavy atom. The fourth-order valence-corrected chi connectivity index (χ4v) is 10.7. The first-order valence-electron chi connectivity index (χ1n) is 12.3. The van der Waals surface area contributed by atoms with Crippen LogP contribution >= 0.6 is 0 Å². The number of likely N-dealkylation sites (tertiary alicyclic amines) is 1. The van der Waals surface area contributed by atoms with E-state index in [9.17, 15) is 20.4 Å². The summed E-state index contributed by atoms with van der Waals surface area (Å²) in [5.41, 5.74) is -4.15. The Hall–Kier alpha value is -0.320. The van der Waals surface area contributed by atoms with Crippen molar-refractivity contribution in [2.45, 2.75) is 74.3 Å². The third kappa shape index (κ3) is 1.99. The molecule has 6 aliphatic rings. The molecular formula is C24H39NO7. The van der Waals surface area contributed by atoms with Crippen LogP contribution in [0.15, 0.2) is 0 Å². The van der Waals surface area contributed by atoms with Gasteiger partial charge in [0.25, 0.3) is 0 Å². The van der Waals surface area contributed by atoms with Crippen molar-refractivity contribution in [2.24, 2.45) is 34.5 Å². The van der Waals surface area contributed by atoms with Crippen LogP contribution in [0.1, 0.15) is 32.6 Å². The van der Waals surface area contributed by atoms with E-state index in [-0.39, 0.29) is 35.7 Å². The molecule has 5 unspecified atom stereocenters. The monoisotopic (exact) mass is 453 g/mol. The maximum absolute atomic E-state index is 12.8. The lowest BCUT2D eigenvalue weighted by Gasteiger charge is -2.69. The Morgan fingerprint density at radius 1 is 1.09 bits per heavy atom. The quantitative estimate of drug-likeness (QED) is 0.446. The van der Waals surface area contributed by atoms with Gasteiger partial charge in [-0.25, -0.2) is 0 Å². The van der Waals surface area contributed by atoms with Gasteiger partial charge in [-0.3, -0.25) is 4.90 Å². The first kappa shape index (κ1) is 22.2. The molecule has 1 aliphatic heterocycles. The molecule has 1 heterocycles. The summed E-state index contributed by atoms with van der Waals surface area (Å²) in [6, 6.07) is -0.442. The predicted octanol–water partition coefficient (Wildman–Crippen LogP) is -0.383. The highest BCUT2D eigenvalue weighted by atomic mass is 16.5. The molecule has 0 amide bonds. The number of nitrogens with zero attached hydrogens (tertiary/aromatic N) is 1. The second-order valence-electron chi connectivity index (χ2n) is 11.7. The van der Waals surface area contributed by atoms with Gasteiger partial charge in [0.05, 0.1) is 37.1 Å². The Balaban J connectivity index is 1.67. The number of likely N-dealkylation sites (N-methyl/N-ethyl adjacent to an activating group) is 1. The zero-order valence-corrected chi connectivity index (χ0v) is 19.6. The molecule has 0 aromatic heterocycles. The van der Waals surface area contributed by atoms with E-state index in [4.69, 9.17) is 14.2 Å². The number of aliphatic hydroxyl groups is 4. The molecule has 0 aromatic carbocycles. The number of piperidine rings is 1. The van der Waals surface area contributed by atoms with E-state index >= 15 is 0 Å². The van der Waals surface area contributed by atoms with Crippen LogP contribution in [0.2, 0.25) is 0 Å². The number of fused-ring (bicyclic) bond motifs is 2. The van der Waals surface area contributed by atoms with Crippen molar-refractivity contribution in [1.29, 1.82) is 0 Å². The van der Waals surface area contributed by atoms with Gasteiger partial charge in [-0.2, -0.15) is 0 Å². The molecule has 32 heavy (non-hydrogen) atoms. The largest absolute Gasteiger partial charge is 0.392 e. The number of methoxy groups -OCH3 is 3. The fraction of sp³-hybridized carbons (Fsp3) is 1.00. The second kappa shape index (κ2) is 6.66. The van der Waals surface area contributed by atoms with E-state index in [1.54, 1.807) is 21.3 Å². The number of hydrogen-bond acceptors (Lipinski definition) is 8. The highest BCUT2D eigenvalue weighted by Crippen LogP contribution is 2.80. The lowest BCUT2D eigenvalue weighted by molar-refractivity contribution is -0.317. The smallest absolute Gasteiger partial charge is 0.136 e. The van der Waals surface area contributed by atoms with Crippen molar-refractivity contribution >= 4 is 0 Å². The van der Waals surface area contributed by atoms with Crippen LogP contribution in [0.4, 0.5) is 0 Å². The van der Waals surface area contributed by atoms with Crippen LogP contribution < -0.4 is 0 Å². The summed E-state index contributed by atoms with van der Waals surface area (Å²) in [5, 5.41) is 48.5. The highest BCUT2D eigenvalue weighted by Gasteiger charge is 2.91. The summed E-state index contributed by atoms with van der Waals surface area (Å²) >= 11 is 0. The summed E-state index contributed by atoms with van der Waals surface area (Å²) < 4.78 is 17.7. The van der Waals surface area contributed by atoms with Crippen molar-refractivity contribution in [2.75, 3.05) is 41.0 Å². The summed E-state index contributed by atoms with van der Waals surface area (Å²) in [5.74, 6) is -0.889. The molecule has 13 atom stereocenters. The molecule has 1 saturated heterocycles. The normalized spacial score (nSPS) is 62.4. The van der Waals surface area contributed by atoms with Crippen LogP contribution in [0, 0.1) is 34.5 Å².